The van der Waals surface area contributed by atoms with Gasteiger partial charge >= 0.3 is 0 Å². The highest BCUT2D eigenvalue weighted by atomic mass is 32.2. The molecular formula is C39H48N10O3S2. The number of aryl methyl sites for hydroxylation is 1. The summed E-state index contributed by atoms with van der Waals surface area (Å²) in [6, 6.07) is 22.7. The Balaban J connectivity index is 1.03. The van der Waals surface area contributed by atoms with Gasteiger partial charge in [0.05, 0.1) is 4.90 Å². The summed E-state index contributed by atoms with van der Waals surface area (Å²) in [5.74, 6) is 2.11. The minimum Gasteiger partial charge on any atom is -0.354 e. The van der Waals surface area contributed by atoms with Crippen LogP contribution in [0.5, 0.6) is 0 Å². The second-order valence-electron chi connectivity index (χ2n) is 13.8. The van der Waals surface area contributed by atoms with Crippen molar-refractivity contribution >= 4 is 55.9 Å². The maximum atomic E-state index is 13.2. The Morgan fingerprint density at radius 3 is 2.13 bits per heavy atom. The predicted octanol–water partition coefficient (Wildman–Crippen LogP) is 7.74. The number of carbonyl (C=O) groups is 1. The molecule has 0 saturated heterocycles. The maximum absolute atomic E-state index is 13.2. The highest BCUT2D eigenvalue weighted by Gasteiger charge is 2.27. The van der Waals surface area contributed by atoms with E-state index in [2.05, 4.69) is 87.3 Å². The molecule has 1 aliphatic rings. The van der Waals surface area contributed by atoms with E-state index < -0.39 is 10.0 Å². The number of carbonyl (C=O) groups excluding carboxylic acids is 1. The molecule has 0 bridgehead atoms. The summed E-state index contributed by atoms with van der Waals surface area (Å²) >= 11 is 1.16. The zero-order valence-electron chi connectivity index (χ0n) is 31.1. The summed E-state index contributed by atoms with van der Waals surface area (Å²) < 4.78 is 27.9. The monoisotopic (exact) mass is 768 g/mol. The highest BCUT2D eigenvalue weighted by Crippen LogP contribution is 2.31. The minimum absolute atomic E-state index is 0.0632. The summed E-state index contributed by atoms with van der Waals surface area (Å²) in [6.07, 6.45) is 4.33. The van der Waals surface area contributed by atoms with Gasteiger partial charge in [0.15, 0.2) is 0 Å². The molecule has 3 aromatic carbocycles. The molecule has 13 nitrogen and oxygen atoms in total. The van der Waals surface area contributed by atoms with Crippen LogP contribution in [0.15, 0.2) is 77.7 Å². The molecule has 1 fully saturated rings. The van der Waals surface area contributed by atoms with E-state index in [9.17, 15) is 13.2 Å². The molecule has 15 heteroatoms. The second-order valence-corrected chi connectivity index (χ2v) is 16.6. The molecule has 0 radical (unpaired) electrons. The first-order valence-corrected chi connectivity index (χ1v) is 20.7. The largest absolute Gasteiger partial charge is 0.354 e. The normalized spacial score (nSPS) is 16.3. The molecule has 1 atom stereocenters. The number of hydrogen-bond donors (Lipinski definition) is 5. The molecule has 2 aromatic heterocycles. The number of sulfonamides is 1. The smallest absolute Gasteiger partial charge is 0.263 e. The van der Waals surface area contributed by atoms with Crippen LogP contribution < -0.4 is 26.0 Å². The molecule has 0 spiro atoms. The van der Waals surface area contributed by atoms with E-state index in [0.29, 0.717) is 60.0 Å². The number of aromatic nitrogens is 5. The van der Waals surface area contributed by atoms with Gasteiger partial charge in [-0.1, -0.05) is 73.7 Å². The van der Waals surface area contributed by atoms with Crippen LogP contribution in [-0.2, 0) is 27.9 Å². The van der Waals surface area contributed by atoms with Crippen molar-refractivity contribution in [3.8, 4) is 0 Å². The van der Waals surface area contributed by atoms with Gasteiger partial charge < -0.3 is 21.3 Å². The minimum atomic E-state index is -3.82. The third kappa shape index (κ3) is 10.3. The molecule has 2 heterocycles. The van der Waals surface area contributed by atoms with Crippen LogP contribution in [0.3, 0.4) is 0 Å². The van der Waals surface area contributed by atoms with Crippen LogP contribution in [0.4, 0.5) is 28.7 Å². The third-order valence-electron chi connectivity index (χ3n) is 9.94. The Morgan fingerprint density at radius 2 is 1.48 bits per heavy atom. The molecule has 1 unspecified atom stereocenters. The first-order valence-electron chi connectivity index (χ1n) is 18.4. The van der Waals surface area contributed by atoms with Gasteiger partial charge in [-0.2, -0.15) is 15.0 Å². The van der Waals surface area contributed by atoms with Crippen molar-refractivity contribution in [2.45, 2.75) is 83.7 Å². The summed E-state index contributed by atoms with van der Waals surface area (Å²) in [4.78, 5) is 27.3. The van der Waals surface area contributed by atoms with E-state index in [1.165, 1.54) is 28.8 Å². The maximum Gasteiger partial charge on any atom is 0.263 e. The summed E-state index contributed by atoms with van der Waals surface area (Å²) in [5.41, 5.74) is 5.53. The lowest BCUT2D eigenvalue weighted by Crippen LogP contribution is -2.29. The van der Waals surface area contributed by atoms with Gasteiger partial charge in [-0.05, 0) is 104 Å². The fourth-order valence-electron chi connectivity index (χ4n) is 6.55. The molecule has 0 aliphatic heterocycles. The molecule has 1 amide bonds. The molecule has 1 aliphatic carbocycles. The predicted molar refractivity (Wildman–Crippen MR) is 215 cm³/mol. The molecule has 54 heavy (non-hydrogen) atoms. The fourth-order valence-corrected chi connectivity index (χ4v) is 8.37. The molecule has 5 N–H and O–H groups in total. The number of hydrogen-bond acceptors (Lipinski definition) is 12. The average Bonchev–Trinajstić information content (AvgIpc) is 3.59. The van der Waals surface area contributed by atoms with Crippen molar-refractivity contribution in [3.05, 3.63) is 100 Å². The van der Waals surface area contributed by atoms with Gasteiger partial charge in [0.25, 0.3) is 10.0 Å². The van der Waals surface area contributed by atoms with Gasteiger partial charge in [-0.15, -0.1) is 10.2 Å². The van der Waals surface area contributed by atoms with Gasteiger partial charge in [-0.3, -0.25) is 9.52 Å². The zero-order chi connectivity index (χ0) is 38.1. The number of rotatable bonds is 16. The molecule has 1 saturated carbocycles. The lowest BCUT2D eigenvalue weighted by atomic mass is 9.81. The van der Waals surface area contributed by atoms with Crippen LogP contribution in [0.2, 0.25) is 0 Å². The van der Waals surface area contributed by atoms with Crippen molar-refractivity contribution in [1.29, 1.82) is 0 Å². The van der Waals surface area contributed by atoms with E-state index in [-0.39, 0.29) is 21.9 Å². The van der Waals surface area contributed by atoms with Gasteiger partial charge in [0.1, 0.15) is 5.01 Å². The lowest BCUT2D eigenvalue weighted by molar-refractivity contribution is -0.121. The Bertz CT molecular complexity index is 2120. The summed E-state index contributed by atoms with van der Waals surface area (Å²) in [5, 5.41) is 21.7. The fraction of sp³-hybridized carbons (Fsp3) is 0.385. The molecule has 284 valence electrons. The quantitative estimate of drug-likeness (QED) is 0.0664. The molecule has 6 rings (SSSR count). The number of nitrogens with zero attached hydrogens (tertiary/aromatic N) is 5. The standard InChI is InChI=1S/C39H48N10O3S2/c1-5-25(2)34-13-9-12-31(26(34)3)24-42-38-45-36(40-22-28-10-7-6-8-11-28)44-37(46-38)41-23-29-14-16-30(17-15-29)35(50)43-32-18-20-33(21-19-32)54(51,52)49-39-48-47-27(4)53-39/h6-13,18-21,25,29-30H,5,14-17,22-24H2,1-4H3,(H,43,50)(H,48,49)(H3,40,41,42,44,45,46). The van der Waals surface area contributed by atoms with Gasteiger partial charge in [-0.25, -0.2) is 8.42 Å². The third-order valence-corrected chi connectivity index (χ3v) is 12.2. The van der Waals surface area contributed by atoms with Crippen LogP contribution in [0, 0.1) is 25.7 Å². The number of benzene rings is 3. The van der Waals surface area contributed by atoms with Crippen molar-refractivity contribution in [1.82, 2.24) is 25.1 Å². The first-order chi connectivity index (χ1) is 26.1. The SMILES string of the molecule is CCC(C)c1cccc(CNc2nc(NCc3ccccc3)nc(NCC3CCC(C(=O)Nc4ccc(S(=O)(=O)Nc5nnc(C)s5)cc4)CC3)n2)c1C. The van der Waals surface area contributed by atoms with Crippen LogP contribution >= 0.6 is 11.3 Å². The first kappa shape index (κ1) is 38.6. The summed E-state index contributed by atoms with van der Waals surface area (Å²) in [6.45, 7) is 10.2. The van der Waals surface area contributed by atoms with Crippen LogP contribution in [0.25, 0.3) is 0 Å². The van der Waals surface area contributed by atoms with E-state index >= 15 is 0 Å². The number of amides is 1. The van der Waals surface area contributed by atoms with Crippen molar-refractivity contribution in [3.63, 3.8) is 0 Å². The van der Waals surface area contributed by atoms with Crippen LogP contribution in [-0.4, -0.2) is 46.0 Å². The summed E-state index contributed by atoms with van der Waals surface area (Å²) in [7, 11) is -3.82. The Hall–Kier alpha value is -5.15. The average molecular weight is 769 g/mol. The van der Waals surface area contributed by atoms with E-state index in [4.69, 9.17) is 15.0 Å². The Kier molecular flexibility index (Phi) is 12.7. The van der Waals surface area contributed by atoms with E-state index in [0.717, 1.165) is 49.0 Å². The van der Waals surface area contributed by atoms with Gasteiger partial charge in [0.2, 0.25) is 28.9 Å². The van der Waals surface area contributed by atoms with E-state index in [1.54, 1.807) is 19.1 Å². The number of nitrogens with one attached hydrogen (secondary N) is 5. The Morgan fingerprint density at radius 1 is 0.815 bits per heavy atom. The zero-order valence-corrected chi connectivity index (χ0v) is 32.7. The van der Waals surface area contributed by atoms with Crippen molar-refractivity contribution in [2.75, 3.05) is 32.5 Å². The Labute approximate surface area is 321 Å². The van der Waals surface area contributed by atoms with Crippen molar-refractivity contribution < 1.29 is 13.2 Å². The molecule has 5 aromatic rings. The number of anilines is 5. The molecular weight excluding hydrogens is 721 g/mol. The highest BCUT2D eigenvalue weighted by molar-refractivity contribution is 7.93. The second kappa shape index (κ2) is 17.8. The van der Waals surface area contributed by atoms with Crippen LogP contribution in [0.1, 0.15) is 79.1 Å². The lowest BCUT2D eigenvalue weighted by Gasteiger charge is -2.28. The van der Waals surface area contributed by atoms with E-state index in [1.807, 2.05) is 18.2 Å². The van der Waals surface area contributed by atoms with Crippen molar-refractivity contribution in [2.24, 2.45) is 11.8 Å². The van der Waals surface area contributed by atoms with Gasteiger partial charge in [0, 0.05) is 31.2 Å². The topological polar surface area (TPSA) is 176 Å².